The zero-order valence-electron chi connectivity index (χ0n) is 12.2. The predicted molar refractivity (Wildman–Crippen MR) is 87.4 cm³/mol. The number of rotatable bonds is 6. The van der Waals surface area contributed by atoms with Crippen molar-refractivity contribution in [2.45, 2.75) is 0 Å². The number of nitro groups is 1. The summed E-state index contributed by atoms with van der Waals surface area (Å²) in [7, 11) is 0. The van der Waals surface area contributed by atoms with Crippen LogP contribution in [0.1, 0.15) is 5.56 Å². The number of hydrogen-bond donors (Lipinski definition) is 2. The highest BCUT2D eigenvalue weighted by molar-refractivity contribution is 6.30. The molecule has 0 atom stereocenters. The minimum Gasteiger partial charge on any atom is -0.502 e. The van der Waals surface area contributed by atoms with Crippen LogP contribution in [0.2, 0.25) is 5.02 Å². The van der Waals surface area contributed by atoms with Crippen molar-refractivity contribution < 1.29 is 19.6 Å². The van der Waals surface area contributed by atoms with Crippen LogP contribution in [0.15, 0.2) is 47.6 Å². The summed E-state index contributed by atoms with van der Waals surface area (Å²) >= 11 is 5.73. The molecule has 9 heteroatoms. The van der Waals surface area contributed by atoms with Crippen molar-refractivity contribution in [2.24, 2.45) is 5.10 Å². The molecule has 2 N–H and O–H groups in total. The monoisotopic (exact) mass is 349 g/mol. The molecule has 2 aromatic carbocycles. The lowest BCUT2D eigenvalue weighted by Gasteiger charge is -2.04. The molecule has 0 heterocycles. The topological polar surface area (TPSA) is 114 Å². The van der Waals surface area contributed by atoms with Gasteiger partial charge in [0.25, 0.3) is 5.91 Å². The average molecular weight is 350 g/mol. The normalized spacial score (nSPS) is 10.5. The molecule has 0 bridgehead atoms. The standard InChI is InChI=1S/C15H12ClN3O5/c16-11-2-4-12(5-3-11)24-9-15(21)18-17-8-10-1-6-14(20)13(7-10)19(22)23/h1-8,20H,9H2,(H,18,21). The van der Waals surface area contributed by atoms with Gasteiger partial charge in [-0.1, -0.05) is 11.6 Å². The molecule has 0 aliphatic carbocycles. The third kappa shape index (κ3) is 4.96. The predicted octanol–water partition coefficient (Wildman–Crippen LogP) is 2.48. The van der Waals surface area contributed by atoms with Crippen molar-refractivity contribution in [1.82, 2.24) is 5.43 Å². The van der Waals surface area contributed by atoms with Gasteiger partial charge in [0.15, 0.2) is 12.4 Å². The van der Waals surface area contributed by atoms with Gasteiger partial charge in [0.1, 0.15) is 5.75 Å². The van der Waals surface area contributed by atoms with Crippen LogP contribution < -0.4 is 10.2 Å². The van der Waals surface area contributed by atoms with Crippen molar-refractivity contribution in [3.63, 3.8) is 0 Å². The smallest absolute Gasteiger partial charge is 0.311 e. The zero-order chi connectivity index (χ0) is 17.5. The fourth-order valence-corrected chi connectivity index (χ4v) is 1.78. The van der Waals surface area contributed by atoms with Gasteiger partial charge in [-0.3, -0.25) is 14.9 Å². The maximum absolute atomic E-state index is 11.6. The first kappa shape index (κ1) is 17.2. The Balaban J connectivity index is 1.87. The molecular formula is C15H12ClN3O5. The quantitative estimate of drug-likeness (QED) is 0.472. The van der Waals surface area contributed by atoms with Gasteiger partial charge >= 0.3 is 5.69 Å². The largest absolute Gasteiger partial charge is 0.502 e. The van der Waals surface area contributed by atoms with Crippen molar-refractivity contribution in [1.29, 1.82) is 0 Å². The summed E-state index contributed by atoms with van der Waals surface area (Å²) in [6.45, 7) is -0.255. The second-order valence-electron chi connectivity index (χ2n) is 4.54. The molecule has 1 amide bonds. The number of phenolic OH excluding ortho intramolecular Hbond substituents is 1. The van der Waals surface area contributed by atoms with Crippen molar-refractivity contribution >= 4 is 29.4 Å². The molecule has 0 aromatic heterocycles. The summed E-state index contributed by atoms with van der Waals surface area (Å²) < 4.78 is 5.22. The van der Waals surface area contributed by atoms with Crippen LogP contribution >= 0.6 is 11.6 Å². The summed E-state index contributed by atoms with van der Waals surface area (Å²) in [5.41, 5.74) is 2.12. The number of nitro benzene ring substituents is 1. The van der Waals surface area contributed by atoms with Crippen LogP contribution in [0.4, 0.5) is 5.69 Å². The van der Waals surface area contributed by atoms with Crippen molar-refractivity contribution in [3.05, 3.63) is 63.2 Å². The number of halogens is 1. The summed E-state index contributed by atoms with van der Waals surface area (Å²) in [5.74, 6) is -0.472. The van der Waals surface area contributed by atoms with E-state index in [0.717, 1.165) is 6.07 Å². The van der Waals surface area contributed by atoms with E-state index < -0.39 is 22.3 Å². The lowest BCUT2D eigenvalue weighted by Crippen LogP contribution is -2.24. The van der Waals surface area contributed by atoms with E-state index >= 15 is 0 Å². The maximum Gasteiger partial charge on any atom is 0.311 e. The van der Waals surface area contributed by atoms with Gasteiger partial charge in [-0.25, -0.2) is 5.43 Å². The van der Waals surface area contributed by atoms with Gasteiger partial charge in [-0.2, -0.15) is 5.10 Å². The number of phenols is 1. The Bertz CT molecular complexity index is 777. The Kier molecular flexibility index (Phi) is 5.69. The summed E-state index contributed by atoms with van der Waals surface area (Å²) in [6, 6.07) is 10.2. The minimum absolute atomic E-state index is 0.255. The molecule has 0 fully saturated rings. The molecule has 2 rings (SSSR count). The number of carbonyl (C=O) groups excluding carboxylic acids is 1. The molecule has 24 heavy (non-hydrogen) atoms. The van der Waals surface area contributed by atoms with E-state index in [2.05, 4.69) is 10.5 Å². The number of hydrazone groups is 1. The molecule has 0 radical (unpaired) electrons. The first-order chi connectivity index (χ1) is 11.5. The molecule has 0 spiro atoms. The van der Waals surface area contributed by atoms with E-state index in [9.17, 15) is 20.0 Å². The van der Waals surface area contributed by atoms with Gasteiger partial charge in [-0.05, 0) is 36.4 Å². The molecule has 0 unspecified atom stereocenters. The van der Waals surface area contributed by atoms with Crippen LogP contribution in [-0.4, -0.2) is 28.8 Å². The summed E-state index contributed by atoms with van der Waals surface area (Å²) in [6.07, 6.45) is 1.21. The van der Waals surface area contributed by atoms with Crippen molar-refractivity contribution in [3.8, 4) is 11.5 Å². The maximum atomic E-state index is 11.6. The van der Waals surface area contributed by atoms with Crippen molar-refractivity contribution in [2.75, 3.05) is 6.61 Å². The lowest BCUT2D eigenvalue weighted by atomic mass is 10.2. The molecule has 0 aliphatic heterocycles. The van der Waals surface area contributed by atoms with Gasteiger partial charge in [0.05, 0.1) is 11.1 Å². The third-order valence-corrected chi connectivity index (χ3v) is 3.03. The fraction of sp³-hybridized carbons (Fsp3) is 0.0667. The summed E-state index contributed by atoms with van der Waals surface area (Å²) in [4.78, 5) is 21.6. The van der Waals surface area contributed by atoms with E-state index in [-0.39, 0.29) is 6.61 Å². The Morgan fingerprint density at radius 3 is 2.71 bits per heavy atom. The Morgan fingerprint density at radius 2 is 2.04 bits per heavy atom. The Morgan fingerprint density at radius 1 is 1.33 bits per heavy atom. The fourth-order valence-electron chi connectivity index (χ4n) is 1.66. The van der Waals surface area contributed by atoms with E-state index in [1.807, 2.05) is 0 Å². The number of carbonyl (C=O) groups is 1. The van der Waals surface area contributed by atoms with Gasteiger partial charge in [0, 0.05) is 16.7 Å². The second-order valence-corrected chi connectivity index (χ2v) is 4.98. The molecule has 8 nitrogen and oxygen atoms in total. The first-order valence-electron chi connectivity index (χ1n) is 6.63. The Hall–Kier alpha value is -3.13. The zero-order valence-corrected chi connectivity index (χ0v) is 12.9. The highest BCUT2D eigenvalue weighted by atomic mass is 35.5. The molecule has 2 aromatic rings. The van der Waals surface area contributed by atoms with Crippen LogP contribution in [0.5, 0.6) is 11.5 Å². The van der Waals surface area contributed by atoms with E-state index in [1.54, 1.807) is 24.3 Å². The van der Waals surface area contributed by atoms with Crippen LogP contribution in [-0.2, 0) is 4.79 Å². The van der Waals surface area contributed by atoms with E-state index in [1.165, 1.54) is 18.3 Å². The van der Waals surface area contributed by atoms with Gasteiger partial charge in [-0.15, -0.1) is 0 Å². The number of hydrogen-bond acceptors (Lipinski definition) is 6. The van der Waals surface area contributed by atoms with Crippen LogP contribution in [0.3, 0.4) is 0 Å². The number of benzene rings is 2. The van der Waals surface area contributed by atoms with Gasteiger partial charge < -0.3 is 9.84 Å². The first-order valence-corrected chi connectivity index (χ1v) is 7.01. The van der Waals surface area contributed by atoms with Crippen LogP contribution in [0, 0.1) is 10.1 Å². The van der Waals surface area contributed by atoms with E-state index in [0.29, 0.717) is 16.3 Å². The number of aromatic hydroxyl groups is 1. The molecule has 0 aliphatic rings. The Labute approximate surface area is 141 Å². The van der Waals surface area contributed by atoms with Crippen LogP contribution in [0.25, 0.3) is 0 Å². The number of nitrogens with zero attached hydrogens (tertiary/aromatic N) is 2. The minimum atomic E-state index is -0.717. The lowest BCUT2D eigenvalue weighted by molar-refractivity contribution is -0.385. The molecular weight excluding hydrogens is 338 g/mol. The number of ether oxygens (including phenoxy) is 1. The highest BCUT2D eigenvalue weighted by Gasteiger charge is 2.12. The molecule has 0 saturated carbocycles. The molecule has 124 valence electrons. The number of nitrogens with one attached hydrogen (secondary N) is 1. The highest BCUT2D eigenvalue weighted by Crippen LogP contribution is 2.25. The third-order valence-electron chi connectivity index (χ3n) is 2.78. The number of amides is 1. The SMILES string of the molecule is O=C(COc1ccc(Cl)cc1)NN=Cc1ccc(O)c([N+](=O)[O-])c1. The second kappa shape index (κ2) is 7.93. The van der Waals surface area contributed by atoms with E-state index in [4.69, 9.17) is 16.3 Å². The molecule has 0 saturated heterocycles. The summed E-state index contributed by atoms with van der Waals surface area (Å²) in [5, 5.41) is 24.3. The average Bonchev–Trinajstić information content (AvgIpc) is 2.55. The van der Waals surface area contributed by atoms with Gasteiger partial charge in [0.2, 0.25) is 0 Å².